The Morgan fingerprint density at radius 1 is 1.38 bits per heavy atom. The summed E-state index contributed by atoms with van der Waals surface area (Å²) in [6.45, 7) is 5.47. The Kier molecular flexibility index (Phi) is 5.39. The number of hydrogen-bond donors (Lipinski definition) is 2. The average molecular weight is 298 g/mol. The topological polar surface area (TPSA) is 123 Å². The van der Waals surface area contributed by atoms with Gasteiger partial charge in [0.15, 0.2) is 0 Å². The van der Waals surface area contributed by atoms with Gasteiger partial charge in [-0.2, -0.15) is 0 Å². The molecule has 0 radical (unpaired) electrons. The van der Waals surface area contributed by atoms with Crippen LogP contribution in [0.3, 0.4) is 0 Å². The summed E-state index contributed by atoms with van der Waals surface area (Å²) in [5, 5.41) is 15.5. The van der Waals surface area contributed by atoms with Gasteiger partial charge in [-0.05, 0) is 20.8 Å². The monoisotopic (exact) mass is 298 g/mol. The maximum absolute atomic E-state index is 11.6. The van der Waals surface area contributed by atoms with Crippen molar-refractivity contribution < 1.29 is 19.2 Å². The molecule has 21 heavy (non-hydrogen) atoms. The number of aliphatic imine (C=N–C) groups is 1. The SMILES string of the molecule is CC(C)(C)OC(=O)NCCNC(=O)C1=NCC([N+](=O)[O-])=C1. The minimum Gasteiger partial charge on any atom is -0.444 e. The van der Waals surface area contributed by atoms with E-state index in [0.717, 1.165) is 6.08 Å². The molecule has 0 aliphatic carbocycles. The highest BCUT2D eigenvalue weighted by atomic mass is 16.6. The number of nitrogens with zero attached hydrogens (tertiary/aromatic N) is 2. The van der Waals surface area contributed by atoms with E-state index in [1.807, 2.05) is 0 Å². The van der Waals surface area contributed by atoms with E-state index in [1.54, 1.807) is 20.8 Å². The van der Waals surface area contributed by atoms with Crippen molar-refractivity contribution in [2.45, 2.75) is 26.4 Å². The molecule has 0 unspecified atom stereocenters. The van der Waals surface area contributed by atoms with Crippen molar-refractivity contribution >= 4 is 17.7 Å². The molecule has 0 atom stereocenters. The van der Waals surface area contributed by atoms with Gasteiger partial charge in [0.2, 0.25) is 0 Å². The predicted molar refractivity (Wildman–Crippen MR) is 74.6 cm³/mol. The molecule has 0 saturated carbocycles. The standard InChI is InChI=1S/C12H18N4O5/c1-12(2,3)21-11(18)14-5-4-13-10(17)9-6-8(7-15-9)16(19)20/h6H,4-5,7H2,1-3H3,(H,13,17)(H,14,18). The third-order valence-corrected chi connectivity index (χ3v) is 2.26. The van der Waals surface area contributed by atoms with Crippen LogP contribution >= 0.6 is 0 Å². The Morgan fingerprint density at radius 3 is 2.52 bits per heavy atom. The van der Waals surface area contributed by atoms with Gasteiger partial charge < -0.3 is 15.4 Å². The van der Waals surface area contributed by atoms with Crippen LogP contribution in [-0.4, -0.2) is 47.9 Å². The molecule has 9 heteroatoms. The second-order valence-electron chi connectivity index (χ2n) is 5.28. The summed E-state index contributed by atoms with van der Waals surface area (Å²) in [7, 11) is 0. The fraction of sp³-hybridized carbons (Fsp3) is 0.583. The van der Waals surface area contributed by atoms with Crippen LogP contribution in [0.4, 0.5) is 4.79 Å². The molecule has 0 saturated heterocycles. The molecule has 0 bridgehead atoms. The molecule has 1 aliphatic rings. The zero-order valence-corrected chi connectivity index (χ0v) is 12.1. The molecule has 2 amide bonds. The first-order valence-electron chi connectivity index (χ1n) is 6.33. The Hall–Kier alpha value is -2.45. The molecule has 0 spiro atoms. The van der Waals surface area contributed by atoms with E-state index in [-0.39, 0.29) is 31.0 Å². The Bertz CT molecular complexity index is 504. The third-order valence-electron chi connectivity index (χ3n) is 2.26. The Balaban J connectivity index is 2.26. The molecule has 1 aliphatic heterocycles. The highest BCUT2D eigenvalue weighted by molar-refractivity contribution is 6.44. The summed E-state index contributed by atoms with van der Waals surface area (Å²) in [6.07, 6.45) is 0.557. The summed E-state index contributed by atoms with van der Waals surface area (Å²) >= 11 is 0. The third kappa shape index (κ3) is 6.02. The van der Waals surface area contributed by atoms with Crippen molar-refractivity contribution in [3.05, 3.63) is 21.9 Å². The zero-order valence-electron chi connectivity index (χ0n) is 12.1. The van der Waals surface area contributed by atoms with Crippen LogP contribution in [0, 0.1) is 10.1 Å². The van der Waals surface area contributed by atoms with Crippen LogP contribution < -0.4 is 10.6 Å². The molecule has 0 aromatic carbocycles. The van der Waals surface area contributed by atoms with Gasteiger partial charge in [-0.15, -0.1) is 0 Å². The summed E-state index contributed by atoms with van der Waals surface area (Å²) in [4.78, 5) is 36.6. The van der Waals surface area contributed by atoms with Gasteiger partial charge in [-0.1, -0.05) is 0 Å². The number of carbonyl (C=O) groups is 2. The normalized spacial score (nSPS) is 14.0. The van der Waals surface area contributed by atoms with E-state index in [0.29, 0.717) is 0 Å². The number of ether oxygens (including phenoxy) is 1. The van der Waals surface area contributed by atoms with Gasteiger partial charge in [0, 0.05) is 19.2 Å². The van der Waals surface area contributed by atoms with Gasteiger partial charge in [-0.25, -0.2) is 4.79 Å². The summed E-state index contributed by atoms with van der Waals surface area (Å²) in [6, 6.07) is 0. The summed E-state index contributed by atoms with van der Waals surface area (Å²) in [5.74, 6) is -0.516. The summed E-state index contributed by atoms with van der Waals surface area (Å²) in [5.41, 5.74) is -0.693. The number of rotatable bonds is 5. The van der Waals surface area contributed by atoms with E-state index < -0.39 is 22.5 Å². The molecule has 2 N–H and O–H groups in total. The highest BCUT2D eigenvalue weighted by Crippen LogP contribution is 2.06. The van der Waals surface area contributed by atoms with E-state index in [4.69, 9.17) is 4.74 Å². The number of alkyl carbamates (subject to hydrolysis) is 1. The van der Waals surface area contributed by atoms with Crippen LogP contribution in [0.5, 0.6) is 0 Å². The fourth-order valence-corrected chi connectivity index (χ4v) is 1.41. The molecular weight excluding hydrogens is 280 g/mol. The lowest BCUT2D eigenvalue weighted by Crippen LogP contribution is -2.39. The van der Waals surface area contributed by atoms with Gasteiger partial charge in [-0.3, -0.25) is 19.9 Å². The molecule has 0 aromatic heterocycles. The predicted octanol–water partition coefficient (Wildman–Crippen LogP) is 0.242. The van der Waals surface area contributed by atoms with E-state index in [1.165, 1.54) is 0 Å². The first-order chi connectivity index (χ1) is 9.69. The van der Waals surface area contributed by atoms with Crippen molar-refractivity contribution in [3.8, 4) is 0 Å². The van der Waals surface area contributed by atoms with Crippen molar-refractivity contribution in [2.24, 2.45) is 4.99 Å². The van der Waals surface area contributed by atoms with Crippen LogP contribution in [0.25, 0.3) is 0 Å². The Labute approximate surface area is 121 Å². The molecule has 0 aromatic rings. The van der Waals surface area contributed by atoms with Gasteiger partial charge in [0.05, 0.1) is 4.92 Å². The molecule has 0 fully saturated rings. The van der Waals surface area contributed by atoms with Crippen LogP contribution in [0.15, 0.2) is 16.8 Å². The van der Waals surface area contributed by atoms with Crippen molar-refractivity contribution in [1.82, 2.24) is 10.6 Å². The van der Waals surface area contributed by atoms with Gasteiger partial charge in [0.25, 0.3) is 11.6 Å². The second-order valence-corrected chi connectivity index (χ2v) is 5.28. The van der Waals surface area contributed by atoms with E-state index in [2.05, 4.69) is 15.6 Å². The van der Waals surface area contributed by atoms with Gasteiger partial charge >= 0.3 is 6.09 Å². The van der Waals surface area contributed by atoms with Crippen molar-refractivity contribution in [2.75, 3.05) is 19.6 Å². The average Bonchev–Trinajstić information content (AvgIpc) is 2.81. The maximum Gasteiger partial charge on any atom is 0.407 e. The van der Waals surface area contributed by atoms with Crippen LogP contribution in [0.1, 0.15) is 20.8 Å². The molecular formula is C12H18N4O5. The van der Waals surface area contributed by atoms with E-state index >= 15 is 0 Å². The number of carbonyl (C=O) groups excluding carboxylic acids is 2. The first kappa shape index (κ1) is 16.6. The number of nitrogens with one attached hydrogen (secondary N) is 2. The number of nitro groups is 1. The maximum atomic E-state index is 11.6. The highest BCUT2D eigenvalue weighted by Gasteiger charge is 2.22. The fourth-order valence-electron chi connectivity index (χ4n) is 1.41. The number of amides is 2. The second kappa shape index (κ2) is 6.82. The van der Waals surface area contributed by atoms with Crippen molar-refractivity contribution in [1.29, 1.82) is 0 Å². The van der Waals surface area contributed by atoms with Crippen LogP contribution in [0.2, 0.25) is 0 Å². The zero-order chi connectivity index (χ0) is 16.0. The van der Waals surface area contributed by atoms with Crippen LogP contribution in [-0.2, 0) is 9.53 Å². The largest absolute Gasteiger partial charge is 0.444 e. The lowest BCUT2D eigenvalue weighted by atomic mass is 10.2. The lowest BCUT2D eigenvalue weighted by Gasteiger charge is -2.19. The Morgan fingerprint density at radius 2 is 2.00 bits per heavy atom. The lowest BCUT2D eigenvalue weighted by molar-refractivity contribution is -0.424. The van der Waals surface area contributed by atoms with E-state index in [9.17, 15) is 19.7 Å². The van der Waals surface area contributed by atoms with Gasteiger partial charge in [0.1, 0.15) is 17.9 Å². The van der Waals surface area contributed by atoms with Crippen molar-refractivity contribution in [3.63, 3.8) is 0 Å². The first-order valence-corrected chi connectivity index (χ1v) is 6.33. The quantitative estimate of drug-likeness (QED) is 0.427. The minimum atomic E-state index is -0.588. The summed E-state index contributed by atoms with van der Waals surface area (Å²) < 4.78 is 5.01. The smallest absolute Gasteiger partial charge is 0.407 e. The molecule has 116 valence electrons. The molecule has 1 rings (SSSR count). The minimum absolute atomic E-state index is 0.0129. The molecule has 1 heterocycles. The molecule has 9 nitrogen and oxygen atoms in total. The number of hydrogen-bond acceptors (Lipinski definition) is 6.